The van der Waals surface area contributed by atoms with Crippen LogP contribution in [0, 0.1) is 5.92 Å². The van der Waals surface area contributed by atoms with E-state index < -0.39 is 0 Å². The van der Waals surface area contributed by atoms with E-state index in [0.717, 1.165) is 0 Å². The highest BCUT2D eigenvalue weighted by Crippen LogP contribution is 2.44. The molecule has 0 aromatic rings. The van der Waals surface area contributed by atoms with E-state index in [9.17, 15) is 0 Å². The molecule has 4 unspecified atom stereocenters. The predicted octanol–water partition coefficient (Wildman–Crippen LogP) is 2.25. The third-order valence-corrected chi connectivity index (χ3v) is 4.18. The van der Waals surface area contributed by atoms with Gasteiger partial charge in [0, 0.05) is 11.2 Å². The van der Waals surface area contributed by atoms with Crippen molar-refractivity contribution in [1.82, 2.24) is 0 Å². The van der Waals surface area contributed by atoms with Crippen molar-refractivity contribution in [3.8, 4) is 0 Å². The van der Waals surface area contributed by atoms with Crippen LogP contribution in [0.2, 0.25) is 0 Å². The van der Waals surface area contributed by atoms with E-state index >= 15 is 0 Å². The molecule has 2 fully saturated rings. The molecule has 0 radical (unpaired) electrons. The maximum absolute atomic E-state index is 5.77. The monoisotopic (exact) mass is 182 g/mol. The van der Waals surface area contributed by atoms with Gasteiger partial charge in [0.2, 0.25) is 0 Å². The third-order valence-electron chi connectivity index (χ3n) is 2.71. The Bertz CT molecular complexity index is 182. The van der Waals surface area contributed by atoms with Crippen molar-refractivity contribution in [1.29, 1.82) is 0 Å². The molecule has 1 nitrogen and oxygen atoms in total. The molecule has 66 valence electrons. The average molecular weight is 182 g/mol. The maximum Gasteiger partial charge on any atom is 0.0883 e. The normalized spacial score (nSPS) is 45.7. The van der Waals surface area contributed by atoms with Crippen molar-refractivity contribution in [2.24, 2.45) is 5.92 Å². The van der Waals surface area contributed by atoms with Gasteiger partial charge in [-0.1, -0.05) is 12.2 Å². The molecule has 2 heteroatoms. The van der Waals surface area contributed by atoms with Gasteiger partial charge in [-0.3, -0.25) is 0 Å². The van der Waals surface area contributed by atoms with Gasteiger partial charge in [-0.15, -0.1) is 13.2 Å². The summed E-state index contributed by atoms with van der Waals surface area (Å²) in [7, 11) is 0. The SMILES string of the molecule is C=CC1OC(C=C)C2SCCC12. The lowest BCUT2D eigenvalue weighted by atomic mass is 9.96. The third kappa shape index (κ3) is 1.14. The molecule has 0 saturated carbocycles. The van der Waals surface area contributed by atoms with Crippen LogP contribution in [0.25, 0.3) is 0 Å². The van der Waals surface area contributed by atoms with E-state index in [4.69, 9.17) is 4.74 Å². The first-order valence-electron chi connectivity index (χ1n) is 4.39. The first-order chi connectivity index (χ1) is 5.86. The molecule has 2 rings (SSSR count). The lowest BCUT2D eigenvalue weighted by molar-refractivity contribution is 0.0888. The Kier molecular flexibility index (Phi) is 2.28. The Morgan fingerprint density at radius 1 is 1.25 bits per heavy atom. The van der Waals surface area contributed by atoms with E-state index in [0.29, 0.717) is 11.2 Å². The van der Waals surface area contributed by atoms with Crippen LogP contribution >= 0.6 is 11.8 Å². The highest BCUT2D eigenvalue weighted by atomic mass is 32.2. The zero-order valence-electron chi connectivity index (χ0n) is 7.11. The summed E-state index contributed by atoms with van der Waals surface area (Å²) in [6.45, 7) is 7.60. The zero-order chi connectivity index (χ0) is 8.55. The summed E-state index contributed by atoms with van der Waals surface area (Å²) in [5.74, 6) is 1.96. The number of fused-ring (bicyclic) bond motifs is 1. The van der Waals surface area contributed by atoms with Gasteiger partial charge in [0.25, 0.3) is 0 Å². The second-order valence-electron chi connectivity index (χ2n) is 3.32. The Hall–Kier alpha value is -0.210. The molecule has 4 atom stereocenters. The van der Waals surface area contributed by atoms with Crippen LogP contribution in [0.3, 0.4) is 0 Å². The molecule has 0 N–H and O–H groups in total. The van der Waals surface area contributed by atoms with Crippen LogP contribution < -0.4 is 0 Å². The fourth-order valence-corrected chi connectivity index (χ4v) is 3.68. The van der Waals surface area contributed by atoms with Gasteiger partial charge in [0.05, 0.1) is 12.2 Å². The van der Waals surface area contributed by atoms with Crippen molar-refractivity contribution in [2.75, 3.05) is 5.75 Å². The molecular weight excluding hydrogens is 168 g/mol. The second-order valence-corrected chi connectivity index (χ2v) is 4.61. The summed E-state index contributed by atoms with van der Waals surface area (Å²) >= 11 is 2.02. The molecule has 0 aromatic carbocycles. The molecule has 2 aliphatic heterocycles. The van der Waals surface area contributed by atoms with Crippen molar-refractivity contribution in [2.45, 2.75) is 23.9 Å². The van der Waals surface area contributed by atoms with Gasteiger partial charge < -0.3 is 4.74 Å². The summed E-state index contributed by atoms with van der Waals surface area (Å²) in [5, 5.41) is 0.644. The van der Waals surface area contributed by atoms with Crippen LogP contribution in [0.1, 0.15) is 6.42 Å². The summed E-state index contributed by atoms with van der Waals surface area (Å²) in [5.41, 5.74) is 0. The highest BCUT2D eigenvalue weighted by molar-refractivity contribution is 8.00. The van der Waals surface area contributed by atoms with Crippen LogP contribution in [-0.2, 0) is 4.74 Å². The largest absolute Gasteiger partial charge is 0.365 e. The van der Waals surface area contributed by atoms with E-state index in [1.54, 1.807) is 0 Å². The number of hydrogen-bond donors (Lipinski definition) is 0. The lowest BCUT2D eigenvalue weighted by Gasteiger charge is -2.10. The molecule has 0 amide bonds. The van der Waals surface area contributed by atoms with E-state index in [1.807, 2.05) is 23.9 Å². The molecule has 0 bridgehead atoms. The van der Waals surface area contributed by atoms with Crippen molar-refractivity contribution >= 4 is 11.8 Å². The Labute approximate surface area is 77.9 Å². The summed E-state index contributed by atoms with van der Waals surface area (Å²) < 4.78 is 5.77. The number of thioether (sulfide) groups is 1. The quantitative estimate of drug-likeness (QED) is 0.606. The van der Waals surface area contributed by atoms with Gasteiger partial charge in [0.15, 0.2) is 0 Å². The molecule has 12 heavy (non-hydrogen) atoms. The molecular formula is C10H14OS. The first kappa shape index (κ1) is 8.39. The van der Waals surface area contributed by atoms with Crippen molar-refractivity contribution in [3.05, 3.63) is 25.3 Å². The summed E-state index contributed by atoms with van der Waals surface area (Å²) in [6.07, 6.45) is 5.67. The standard InChI is InChI=1S/C10H14OS/c1-3-8-7-5-6-12-10(7)9(4-2)11-8/h3-4,7-10H,1-2,5-6H2. The fraction of sp³-hybridized carbons (Fsp3) is 0.600. The lowest BCUT2D eigenvalue weighted by Crippen LogP contribution is -2.17. The minimum Gasteiger partial charge on any atom is -0.365 e. The van der Waals surface area contributed by atoms with E-state index in [2.05, 4.69) is 13.2 Å². The molecule has 2 aliphatic rings. The van der Waals surface area contributed by atoms with Crippen LogP contribution in [0.4, 0.5) is 0 Å². The molecule has 2 saturated heterocycles. The molecule has 2 heterocycles. The minimum atomic E-state index is 0.255. The zero-order valence-corrected chi connectivity index (χ0v) is 7.93. The number of rotatable bonds is 2. The van der Waals surface area contributed by atoms with Crippen LogP contribution in [-0.4, -0.2) is 23.2 Å². The van der Waals surface area contributed by atoms with Crippen molar-refractivity contribution < 1.29 is 4.74 Å². The predicted molar refractivity (Wildman–Crippen MR) is 53.4 cm³/mol. The summed E-state index contributed by atoms with van der Waals surface area (Å²) in [6, 6.07) is 0. The van der Waals surface area contributed by atoms with Gasteiger partial charge >= 0.3 is 0 Å². The average Bonchev–Trinajstić information content (AvgIpc) is 2.63. The number of hydrogen-bond acceptors (Lipinski definition) is 2. The Morgan fingerprint density at radius 3 is 2.67 bits per heavy atom. The van der Waals surface area contributed by atoms with Gasteiger partial charge in [-0.05, 0) is 12.2 Å². The molecule has 0 spiro atoms. The highest BCUT2D eigenvalue weighted by Gasteiger charge is 2.44. The summed E-state index contributed by atoms with van der Waals surface area (Å²) in [4.78, 5) is 0. The van der Waals surface area contributed by atoms with Crippen LogP contribution in [0.15, 0.2) is 25.3 Å². The molecule has 0 aliphatic carbocycles. The fourth-order valence-electron chi connectivity index (χ4n) is 2.10. The van der Waals surface area contributed by atoms with E-state index in [1.165, 1.54) is 12.2 Å². The van der Waals surface area contributed by atoms with Crippen LogP contribution in [0.5, 0.6) is 0 Å². The van der Waals surface area contributed by atoms with Gasteiger partial charge in [-0.2, -0.15) is 11.8 Å². The van der Waals surface area contributed by atoms with Gasteiger partial charge in [-0.25, -0.2) is 0 Å². The topological polar surface area (TPSA) is 9.23 Å². The maximum atomic E-state index is 5.77. The Balaban J connectivity index is 2.15. The van der Waals surface area contributed by atoms with Gasteiger partial charge in [0.1, 0.15) is 0 Å². The minimum absolute atomic E-state index is 0.255. The van der Waals surface area contributed by atoms with E-state index in [-0.39, 0.29) is 12.2 Å². The smallest absolute Gasteiger partial charge is 0.0883 e. The second kappa shape index (κ2) is 3.27. The Morgan fingerprint density at radius 2 is 2.00 bits per heavy atom. The number of ether oxygens (including phenoxy) is 1. The first-order valence-corrected chi connectivity index (χ1v) is 5.44. The molecule has 0 aromatic heterocycles. The van der Waals surface area contributed by atoms with Crippen molar-refractivity contribution in [3.63, 3.8) is 0 Å².